The van der Waals surface area contributed by atoms with Crippen molar-refractivity contribution in [2.24, 2.45) is 5.73 Å². The van der Waals surface area contributed by atoms with Crippen molar-refractivity contribution in [3.05, 3.63) is 55.7 Å². The van der Waals surface area contributed by atoms with Crippen molar-refractivity contribution in [1.29, 1.82) is 0 Å². The predicted molar refractivity (Wildman–Crippen MR) is 80.8 cm³/mol. The van der Waals surface area contributed by atoms with E-state index in [4.69, 9.17) is 28.9 Å². The first-order chi connectivity index (χ1) is 8.61. The predicted octanol–water partition coefficient (Wildman–Crippen LogP) is 4.86. The zero-order chi connectivity index (χ0) is 13.1. The second-order valence-corrected chi connectivity index (χ2v) is 5.98. The van der Waals surface area contributed by atoms with E-state index in [-0.39, 0.29) is 6.04 Å². The fourth-order valence-electron chi connectivity index (χ4n) is 1.98. The Labute approximate surface area is 122 Å². The van der Waals surface area contributed by atoms with Crippen LogP contribution in [0.1, 0.15) is 29.0 Å². The van der Waals surface area contributed by atoms with Crippen molar-refractivity contribution in [2.75, 3.05) is 0 Å². The van der Waals surface area contributed by atoms with Crippen LogP contribution in [0.25, 0.3) is 0 Å². The summed E-state index contributed by atoms with van der Waals surface area (Å²) < 4.78 is 0. The molecule has 2 rings (SSSR count). The fourth-order valence-corrected chi connectivity index (χ4v) is 3.30. The molecule has 0 aliphatic carbocycles. The molecule has 0 saturated carbocycles. The molecular formula is C14H15Cl2NS. The van der Waals surface area contributed by atoms with Crippen LogP contribution >= 0.6 is 34.5 Å². The maximum Gasteiger partial charge on any atom is 0.0595 e. The van der Waals surface area contributed by atoms with Gasteiger partial charge in [-0.05, 0) is 47.5 Å². The Hall–Kier alpha value is -0.540. The number of aryl methyl sites for hydroxylation is 1. The molecule has 0 saturated heterocycles. The zero-order valence-corrected chi connectivity index (χ0v) is 12.4. The SMILES string of the molecule is CCc1ccsc1C(N)Cc1ccc(Cl)c(Cl)c1. The first-order valence-electron chi connectivity index (χ1n) is 5.87. The maximum absolute atomic E-state index is 6.27. The Morgan fingerprint density at radius 1 is 1.22 bits per heavy atom. The van der Waals surface area contributed by atoms with Gasteiger partial charge in [-0.2, -0.15) is 0 Å². The minimum Gasteiger partial charge on any atom is -0.323 e. The molecule has 0 bridgehead atoms. The molecular weight excluding hydrogens is 285 g/mol. The quantitative estimate of drug-likeness (QED) is 0.857. The van der Waals surface area contributed by atoms with Crippen molar-refractivity contribution in [1.82, 2.24) is 0 Å². The smallest absolute Gasteiger partial charge is 0.0595 e. The lowest BCUT2D eigenvalue weighted by Gasteiger charge is -2.12. The molecule has 1 unspecified atom stereocenters. The monoisotopic (exact) mass is 299 g/mol. The molecule has 1 nitrogen and oxygen atoms in total. The largest absolute Gasteiger partial charge is 0.323 e. The molecule has 1 aromatic carbocycles. The van der Waals surface area contributed by atoms with Crippen LogP contribution in [0.5, 0.6) is 0 Å². The third-order valence-corrected chi connectivity index (χ3v) is 4.77. The normalized spacial score (nSPS) is 12.7. The molecule has 0 amide bonds. The summed E-state index contributed by atoms with van der Waals surface area (Å²) in [6.07, 6.45) is 1.80. The highest BCUT2D eigenvalue weighted by atomic mass is 35.5. The highest BCUT2D eigenvalue weighted by molar-refractivity contribution is 7.10. The van der Waals surface area contributed by atoms with Crippen molar-refractivity contribution in [3.63, 3.8) is 0 Å². The minimum absolute atomic E-state index is 0.0252. The van der Waals surface area contributed by atoms with Gasteiger partial charge in [0.05, 0.1) is 10.0 Å². The Morgan fingerprint density at radius 3 is 2.67 bits per heavy atom. The minimum atomic E-state index is 0.0252. The molecule has 1 atom stereocenters. The summed E-state index contributed by atoms with van der Waals surface area (Å²) in [7, 11) is 0. The summed E-state index contributed by atoms with van der Waals surface area (Å²) in [4.78, 5) is 1.27. The molecule has 96 valence electrons. The van der Waals surface area contributed by atoms with Crippen LogP contribution in [-0.2, 0) is 12.8 Å². The number of benzene rings is 1. The van der Waals surface area contributed by atoms with E-state index in [9.17, 15) is 0 Å². The molecule has 0 spiro atoms. The molecule has 18 heavy (non-hydrogen) atoms. The number of halogens is 2. The third-order valence-electron chi connectivity index (χ3n) is 2.94. The Kier molecular flexibility index (Phi) is 4.68. The average molecular weight is 300 g/mol. The molecule has 2 N–H and O–H groups in total. The Bertz CT molecular complexity index is 536. The summed E-state index contributed by atoms with van der Waals surface area (Å²) in [6.45, 7) is 2.15. The topological polar surface area (TPSA) is 26.0 Å². The van der Waals surface area contributed by atoms with Crippen molar-refractivity contribution < 1.29 is 0 Å². The van der Waals surface area contributed by atoms with Crippen molar-refractivity contribution in [2.45, 2.75) is 25.8 Å². The Morgan fingerprint density at radius 2 is 2.00 bits per heavy atom. The lowest BCUT2D eigenvalue weighted by atomic mass is 10.0. The number of thiophene rings is 1. The van der Waals surface area contributed by atoms with Crippen molar-refractivity contribution >= 4 is 34.5 Å². The van der Waals surface area contributed by atoms with Crippen LogP contribution in [0.4, 0.5) is 0 Å². The maximum atomic E-state index is 6.27. The third kappa shape index (κ3) is 3.07. The van der Waals surface area contributed by atoms with Gasteiger partial charge >= 0.3 is 0 Å². The molecule has 0 aliphatic rings. The average Bonchev–Trinajstić information content (AvgIpc) is 2.82. The van der Waals surface area contributed by atoms with E-state index >= 15 is 0 Å². The van der Waals surface area contributed by atoms with Crippen LogP contribution in [0.15, 0.2) is 29.6 Å². The molecule has 4 heteroatoms. The summed E-state index contributed by atoms with van der Waals surface area (Å²) in [5, 5.41) is 3.27. The standard InChI is InChI=1S/C14H15Cl2NS/c1-2-10-5-6-18-14(10)13(17)8-9-3-4-11(15)12(16)7-9/h3-7,13H,2,8,17H2,1H3. The fraction of sp³-hybridized carbons (Fsp3) is 0.286. The molecule has 2 aromatic rings. The van der Waals surface area contributed by atoms with Gasteiger partial charge in [-0.15, -0.1) is 11.3 Å². The van der Waals surface area contributed by atoms with Crippen LogP contribution < -0.4 is 5.73 Å². The number of rotatable bonds is 4. The van der Waals surface area contributed by atoms with Crippen LogP contribution in [0.3, 0.4) is 0 Å². The van der Waals surface area contributed by atoms with E-state index in [1.807, 2.05) is 18.2 Å². The van der Waals surface area contributed by atoms with E-state index < -0.39 is 0 Å². The Balaban J connectivity index is 2.16. The van der Waals surface area contributed by atoms with Crippen molar-refractivity contribution in [3.8, 4) is 0 Å². The van der Waals surface area contributed by atoms with Crippen LogP contribution in [0.2, 0.25) is 10.0 Å². The van der Waals surface area contributed by atoms with Gasteiger partial charge in [0.15, 0.2) is 0 Å². The van der Waals surface area contributed by atoms with Crippen LogP contribution in [-0.4, -0.2) is 0 Å². The van der Waals surface area contributed by atoms with Gasteiger partial charge in [0.2, 0.25) is 0 Å². The van der Waals surface area contributed by atoms with Gasteiger partial charge in [0, 0.05) is 10.9 Å². The first kappa shape index (κ1) is 13.9. The molecule has 0 radical (unpaired) electrons. The zero-order valence-electron chi connectivity index (χ0n) is 10.1. The molecule has 1 aromatic heterocycles. The van der Waals surface area contributed by atoms with Gasteiger partial charge in [-0.25, -0.2) is 0 Å². The summed E-state index contributed by atoms with van der Waals surface area (Å²) in [5.74, 6) is 0. The lowest BCUT2D eigenvalue weighted by Crippen LogP contribution is -2.13. The van der Waals surface area contributed by atoms with Gasteiger partial charge in [-0.1, -0.05) is 36.2 Å². The second-order valence-electron chi connectivity index (χ2n) is 4.22. The van der Waals surface area contributed by atoms with Gasteiger partial charge in [-0.3, -0.25) is 0 Å². The summed E-state index contributed by atoms with van der Waals surface area (Å²) in [6, 6.07) is 7.86. The van der Waals surface area contributed by atoms with E-state index in [1.54, 1.807) is 11.3 Å². The van der Waals surface area contributed by atoms with Crippen LogP contribution in [0, 0.1) is 0 Å². The second kappa shape index (κ2) is 6.07. The van der Waals surface area contributed by atoms with E-state index in [0.717, 1.165) is 18.4 Å². The van der Waals surface area contributed by atoms with E-state index in [1.165, 1.54) is 10.4 Å². The van der Waals surface area contributed by atoms with E-state index in [0.29, 0.717) is 10.0 Å². The number of hydrogen-bond donors (Lipinski definition) is 1. The highest BCUT2D eigenvalue weighted by Gasteiger charge is 2.13. The van der Waals surface area contributed by atoms with Gasteiger partial charge in [0.25, 0.3) is 0 Å². The lowest BCUT2D eigenvalue weighted by molar-refractivity contribution is 0.728. The van der Waals surface area contributed by atoms with Gasteiger partial charge in [0.1, 0.15) is 0 Å². The number of nitrogens with two attached hydrogens (primary N) is 1. The van der Waals surface area contributed by atoms with Gasteiger partial charge < -0.3 is 5.73 Å². The molecule has 0 aliphatic heterocycles. The summed E-state index contributed by atoms with van der Waals surface area (Å²) in [5.41, 5.74) is 8.73. The first-order valence-corrected chi connectivity index (χ1v) is 7.51. The number of hydrogen-bond acceptors (Lipinski definition) is 2. The van der Waals surface area contributed by atoms with E-state index in [2.05, 4.69) is 18.4 Å². The highest BCUT2D eigenvalue weighted by Crippen LogP contribution is 2.28. The summed E-state index contributed by atoms with van der Waals surface area (Å²) >= 11 is 13.6. The molecule has 1 heterocycles. The molecule has 0 fully saturated rings.